The molecule has 1 rings (SSSR count). The number of ether oxygens (including phenoxy) is 1. The van der Waals surface area contributed by atoms with E-state index in [9.17, 15) is 10.1 Å². The molecule has 70 valence electrons. The fraction of sp³-hybridized carbons (Fsp3) is 0.286. The van der Waals surface area contributed by atoms with Crippen molar-refractivity contribution in [1.29, 1.82) is 0 Å². The lowest BCUT2D eigenvalue weighted by molar-refractivity contribution is -0.390. The molecule has 0 saturated heterocycles. The third-order valence-corrected chi connectivity index (χ3v) is 1.70. The van der Waals surface area contributed by atoms with Gasteiger partial charge in [-0.05, 0) is 22.0 Å². The van der Waals surface area contributed by atoms with Crippen molar-refractivity contribution in [3.63, 3.8) is 0 Å². The molecule has 13 heavy (non-hydrogen) atoms. The number of methoxy groups -OCH3 is 1. The second kappa shape index (κ2) is 4.04. The molecule has 6 heteroatoms. The van der Waals surface area contributed by atoms with Crippen molar-refractivity contribution >= 4 is 17.4 Å². The highest BCUT2D eigenvalue weighted by Gasteiger charge is 2.17. The van der Waals surface area contributed by atoms with Crippen LogP contribution in [0.3, 0.4) is 0 Å². The zero-order chi connectivity index (χ0) is 9.84. The molecule has 0 fully saturated rings. The minimum atomic E-state index is -0.602. The molecule has 0 aromatic carbocycles. The van der Waals surface area contributed by atoms with Gasteiger partial charge in [-0.2, -0.15) is 0 Å². The van der Waals surface area contributed by atoms with E-state index in [2.05, 4.69) is 4.98 Å². The Labute approximate surface area is 79.5 Å². The fourth-order valence-corrected chi connectivity index (χ4v) is 0.988. The summed E-state index contributed by atoms with van der Waals surface area (Å²) in [6, 6.07) is 3.06. The Hall–Kier alpha value is -1.36. The average Bonchev–Trinajstić information content (AvgIpc) is 2.16. The van der Waals surface area contributed by atoms with E-state index in [1.807, 2.05) is 0 Å². The Bertz CT molecular complexity index is 330. The van der Waals surface area contributed by atoms with Crippen molar-refractivity contribution in [1.82, 2.24) is 4.98 Å². The molecular weight excluding hydrogens is 196 g/mol. The minimum absolute atomic E-state index is 0.138. The smallest absolute Gasteiger partial charge is 0.406 e. The molecule has 0 bridgehead atoms. The molecular formula is C7H7ClN2O3. The number of rotatable bonds is 3. The van der Waals surface area contributed by atoms with Gasteiger partial charge >= 0.3 is 5.82 Å². The number of hydrogen-bond donors (Lipinski definition) is 0. The standard InChI is InChI=1S/C7H7ClN2O3/c1-13-6-3-2-5(4-8)9-7(6)10(11)12/h2-3H,4H2,1H3. The molecule has 1 heterocycles. The first-order valence-electron chi connectivity index (χ1n) is 3.43. The topological polar surface area (TPSA) is 65.3 Å². The molecule has 0 amide bonds. The molecule has 0 radical (unpaired) electrons. The molecule has 5 nitrogen and oxygen atoms in total. The fourth-order valence-electron chi connectivity index (χ4n) is 0.839. The van der Waals surface area contributed by atoms with Crippen LogP contribution in [0.5, 0.6) is 5.75 Å². The zero-order valence-electron chi connectivity index (χ0n) is 6.86. The Balaban J connectivity index is 3.18. The highest BCUT2D eigenvalue weighted by molar-refractivity contribution is 6.16. The van der Waals surface area contributed by atoms with Crippen LogP contribution in [0.25, 0.3) is 0 Å². The molecule has 0 saturated carbocycles. The number of hydrogen-bond acceptors (Lipinski definition) is 4. The molecule has 0 spiro atoms. The Morgan fingerprint density at radius 3 is 2.85 bits per heavy atom. The third-order valence-electron chi connectivity index (χ3n) is 1.43. The first-order chi connectivity index (χ1) is 6.19. The van der Waals surface area contributed by atoms with Gasteiger partial charge in [0.1, 0.15) is 0 Å². The highest BCUT2D eigenvalue weighted by atomic mass is 35.5. The molecule has 0 atom stereocenters. The lowest BCUT2D eigenvalue weighted by Crippen LogP contribution is -1.98. The SMILES string of the molecule is COc1ccc(CCl)nc1[N+](=O)[O-]. The summed E-state index contributed by atoms with van der Waals surface area (Å²) < 4.78 is 4.76. The number of alkyl halides is 1. The molecule has 1 aromatic rings. The number of halogens is 1. The van der Waals surface area contributed by atoms with E-state index < -0.39 is 4.92 Å². The van der Waals surface area contributed by atoms with Crippen molar-refractivity contribution in [3.05, 3.63) is 27.9 Å². The van der Waals surface area contributed by atoms with Gasteiger partial charge in [-0.1, -0.05) is 0 Å². The number of nitro groups is 1. The second-order valence-corrected chi connectivity index (χ2v) is 2.49. The van der Waals surface area contributed by atoms with E-state index in [1.54, 1.807) is 6.07 Å². The van der Waals surface area contributed by atoms with Crippen molar-refractivity contribution in [2.75, 3.05) is 7.11 Å². The average molecular weight is 203 g/mol. The Kier molecular flexibility index (Phi) is 3.02. The van der Waals surface area contributed by atoms with Gasteiger partial charge in [-0.3, -0.25) is 0 Å². The van der Waals surface area contributed by atoms with Crippen LogP contribution < -0.4 is 4.74 Å². The lowest BCUT2D eigenvalue weighted by Gasteiger charge is -2.00. The van der Waals surface area contributed by atoms with Gasteiger partial charge in [0, 0.05) is 0 Å². The van der Waals surface area contributed by atoms with E-state index >= 15 is 0 Å². The van der Waals surface area contributed by atoms with Crippen LogP contribution in [-0.4, -0.2) is 17.0 Å². The summed E-state index contributed by atoms with van der Waals surface area (Å²) in [7, 11) is 1.35. The summed E-state index contributed by atoms with van der Waals surface area (Å²) in [5, 5.41) is 10.5. The first-order valence-corrected chi connectivity index (χ1v) is 3.96. The van der Waals surface area contributed by atoms with Gasteiger partial charge in [0.05, 0.1) is 13.0 Å². The van der Waals surface area contributed by atoms with E-state index in [0.717, 1.165) is 0 Å². The molecule has 0 N–H and O–H groups in total. The predicted octanol–water partition coefficient (Wildman–Crippen LogP) is 1.74. The quantitative estimate of drug-likeness (QED) is 0.425. The lowest BCUT2D eigenvalue weighted by atomic mass is 10.3. The van der Waals surface area contributed by atoms with Crippen LogP contribution in [0, 0.1) is 10.1 Å². The first kappa shape index (κ1) is 9.73. The Morgan fingerprint density at radius 1 is 1.69 bits per heavy atom. The van der Waals surface area contributed by atoms with Crippen molar-refractivity contribution < 1.29 is 9.66 Å². The van der Waals surface area contributed by atoms with E-state index in [-0.39, 0.29) is 17.4 Å². The van der Waals surface area contributed by atoms with Crippen LogP contribution >= 0.6 is 11.6 Å². The molecule has 1 aromatic heterocycles. The monoisotopic (exact) mass is 202 g/mol. The van der Waals surface area contributed by atoms with E-state index in [4.69, 9.17) is 16.3 Å². The zero-order valence-corrected chi connectivity index (χ0v) is 7.61. The molecule has 0 aliphatic carbocycles. The number of pyridine rings is 1. The largest absolute Gasteiger partial charge is 0.489 e. The second-order valence-electron chi connectivity index (χ2n) is 2.22. The minimum Gasteiger partial charge on any atom is -0.489 e. The molecule has 0 unspecified atom stereocenters. The van der Waals surface area contributed by atoms with Crippen molar-refractivity contribution in [2.24, 2.45) is 0 Å². The van der Waals surface area contributed by atoms with Crippen molar-refractivity contribution in [2.45, 2.75) is 5.88 Å². The van der Waals surface area contributed by atoms with E-state index in [0.29, 0.717) is 5.69 Å². The summed E-state index contributed by atoms with van der Waals surface area (Å²) in [4.78, 5) is 13.6. The van der Waals surface area contributed by atoms with Gasteiger partial charge in [-0.25, -0.2) is 0 Å². The number of nitrogens with zero attached hydrogens (tertiary/aromatic N) is 2. The molecule has 0 aliphatic heterocycles. The maximum absolute atomic E-state index is 10.5. The maximum Gasteiger partial charge on any atom is 0.406 e. The van der Waals surface area contributed by atoms with Gasteiger partial charge in [0.15, 0.2) is 5.69 Å². The van der Waals surface area contributed by atoms with Crippen LogP contribution in [0.2, 0.25) is 0 Å². The van der Waals surface area contributed by atoms with Gasteiger partial charge in [0.25, 0.3) is 0 Å². The summed E-state index contributed by atoms with van der Waals surface area (Å²) in [6.45, 7) is 0. The summed E-state index contributed by atoms with van der Waals surface area (Å²) in [6.07, 6.45) is 0. The van der Waals surface area contributed by atoms with Gasteiger partial charge < -0.3 is 14.9 Å². The normalized spacial score (nSPS) is 9.69. The van der Waals surface area contributed by atoms with Gasteiger partial charge in [0.2, 0.25) is 5.75 Å². The summed E-state index contributed by atoms with van der Waals surface area (Å²) in [5.41, 5.74) is 0.453. The van der Waals surface area contributed by atoms with Gasteiger partial charge in [-0.15, -0.1) is 11.6 Å². The van der Waals surface area contributed by atoms with Crippen LogP contribution in [0.4, 0.5) is 5.82 Å². The van der Waals surface area contributed by atoms with Crippen LogP contribution in [-0.2, 0) is 5.88 Å². The van der Waals surface area contributed by atoms with Crippen molar-refractivity contribution in [3.8, 4) is 5.75 Å². The van der Waals surface area contributed by atoms with Crippen LogP contribution in [0.1, 0.15) is 5.69 Å². The molecule has 0 aliphatic rings. The summed E-state index contributed by atoms with van der Waals surface area (Å²) in [5.74, 6) is -0.0234. The van der Waals surface area contributed by atoms with E-state index in [1.165, 1.54) is 13.2 Å². The Morgan fingerprint density at radius 2 is 2.38 bits per heavy atom. The van der Waals surface area contributed by atoms with Crippen LogP contribution in [0.15, 0.2) is 12.1 Å². The summed E-state index contributed by atoms with van der Waals surface area (Å²) >= 11 is 5.47. The predicted molar refractivity (Wildman–Crippen MR) is 47.0 cm³/mol. The third kappa shape index (κ3) is 2.06. The maximum atomic E-state index is 10.5. The highest BCUT2D eigenvalue weighted by Crippen LogP contribution is 2.24. The number of aromatic nitrogens is 1.